The van der Waals surface area contributed by atoms with E-state index in [0.29, 0.717) is 11.1 Å². The summed E-state index contributed by atoms with van der Waals surface area (Å²) in [4.78, 5) is 0. The van der Waals surface area contributed by atoms with E-state index in [4.69, 9.17) is 0 Å². The van der Waals surface area contributed by atoms with Crippen molar-refractivity contribution in [3.05, 3.63) is 82.4 Å². The lowest BCUT2D eigenvalue weighted by atomic mass is 10.1. The Bertz CT molecular complexity index is 767. The van der Waals surface area contributed by atoms with E-state index in [9.17, 15) is 0 Å². The van der Waals surface area contributed by atoms with Crippen LogP contribution in [0, 0.1) is 0 Å². The van der Waals surface area contributed by atoms with E-state index in [2.05, 4.69) is 74.5 Å². The minimum absolute atomic E-state index is 0.277. The van der Waals surface area contributed by atoms with E-state index in [1.165, 1.54) is 16.7 Å². The zero-order valence-electron chi connectivity index (χ0n) is 12.6. The van der Waals surface area contributed by atoms with Crippen molar-refractivity contribution in [3.63, 3.8) is 0 Å². The maximum atomic E-state index is 2.44. The third-order valence-corrected chi connectivity index (χ3v) is 7.99. The van der Waals surface area contributed by atoms with Crippen molar-refractivity contribution < 1.29 is 0 Å². The summed E-state index contributed by atoms with van der Waals surface area (Å²) in [6, 6.07) is 17.9. The average Bonchev–Trinajstić information content (AvgIpc) is 3.04. The van der Waals surface area contributed by atoms with Crippen LogP contribution >= 0.6 is 0 Å². The van der Waals surface area contributed by atoms with E-state index in [1.54, 1.807) is 16.7 Å². The van der Waals surface area contributed by atoms with Crippen LogP contribution in [0.25, 0.3) is 11.6 Å². The lowest BCUT2D eigenvalue weighted by molar-refractivity contribution is 1.07. The summed E-state index contributed by atoms with van der Waals surface area (Å²) in [6.45, 7) is 4.64. The number of fused-ring (bicyclic) bond motifs is 2. The van der Waals surface area contributed by atoms with Gasteiger partial charge in [0.15, 0.2) is 0 Å². The third-order valence-electron chi connectivity index (χ3n) is 5.25. The van der Waals surface area contributed by atoms with Gasteiger partial charge < -0.3 is 0 Å². The van der Waals surface area contributed by atoms with Crippen molar-refractivity contribution in [1.29, 1.82) is 0 Å². The van der Waals surface area contributed by atoms with Crippen LogP contribution in [0.1, 0.15) is 47.2 Å². The summed E-state index contributed by atoms with van der Waals surface area (Å²) < 4.78 is 0. The topological polar surface area (TPSA) is 0 Å². The fraction of sp³-hybridized carbons (Fsp3) is 0.200. The van der Waals surface area contributed by atoms with Crippen molar-refractivity contribution in [1.82, 2.24) is 0 Å². The molecule has 0 saturated carbocycles. The van der Waals surface area contributed by atoms with Crippen molar-refractivity contribution in [2.75, 3.05) is 0 Å². The molecule has 0 radical (unpaired) electrons. The molecule has 0 bridgehead atoms. The molecule has 0 N–H and O–H groups in total. The van der Waals surface area contributed by atoms with Gasteiger partial charge in [0.2, 0.25) is 0 Å². The van der Waals surface area contributed by atoms with Crippen molar-refractivity contribution >= 4 is 21.2 Å². The molecule has 0 aliphatic heterocycles. The van der Waals surface area contributed by atoms with Crippen LogP contribution in [0.3, 0.4) is 0 Å². The molecular weight excluding hydrogens is 268 g/mol. The molecule has 0 saturated heterocycles. The molecule has 2 aliphatic rings. The second kappa shape index (κ2) is 4.85. The number of benzene rings is 2. The first-order valence-electron chi connectivity index (χ1n) is 7.79. The Morgan fingerprint density at radius 3 is 2.43 bits per heavy atom. The molecule has 2 aromatic rings. The Morgan fingerprint density at radius 2 is 1.57 bits per heavy atom. The Hall–Kier alpha value is -1.86. The zero-order valence-corrected chi connectivity index (χ0v) is 14.0. The number of hydrogen-bond acceptors (Lipinski definition) is 0. The van der Waals surface area contributed by atoms with Crippen molar-refractivity contribution in [2.45, 2.75) is 24.9 Å². The minimum atomic E-state index is -0.277. The lowest BCUT2D eigenvalue weighted by Gasteiger charge is -2.18. The Morgan fingerprint density at radius 1 is 0.857 bits per heavy atom. The molecule has 2 aliphatic carbocycles. The van der Waals surface area contributed by atoms with E-state index < -0.39 is 0 Å². The number of hydrogen-bond donors (Lipinski definition) is 0. The normalized spacial score (nSPS) is 23.1. The van der Waals surface area contributed by atoms with Crippen LogP contribution in [-0.4, -0.2) is 9.52 Å². The molecule has 2 unspecified atom stereocenters. The second-order valence-corrected chi connectivity index (χ2v) is 8.45. The molecule has 2 aromatic carbocycles. The zero-order chi connectivity index (χ0) is 14.4. The standard InChI is InChI=1S/C20H20Si/c1-13-14(2)20(18-10-6-5-8-16(13)18)21-19-12-11-15-7-3-4-9-17(15)19/h3-12,19-20H,21H2,1-2H3. The predicted octanol–water partition coefficient (Wildman–Crippen LogP) is 4.47. The maximum Gasteiger partial charge on any atom is 0.0471 e. The van der Waals surface area contributed by atoms with Crippen LogP contribution in [0.15, 0.2) is 60.2 Å². The summed E-state index contributed by atoms with van der Waals surface area (Å²) in [5.41, 5.74) is 10.6. The first-order valence-corrected chi connectivity index (χ1v) is 9.43. The van der Waals surface area contributed by atoms with Crippen molar-refractivity contribution in [3.8, 4) is 0 Å². The van der Waals surface area contributed by atoms with Gasteiger partial charge >= 0.3 is 0 Å². The monoisotopic (exact) mass is 288 g/mol. The molecule has 0 fully saturated rings. The van der Waals surface area contributed by atoms with Gasteiger partial charge in [0, 0.05) is 9.52 Å². The van der Waals surface area contributed by atoms with Gasteiger partial charge in [-0.05, 0) is 52.8 Å². The molecule has 0 aromatic heterocycles. The first kappa shape index (κ1) is 12.8. The van der Waals surface area contributed by atoms with Gasteiger partial charge in [0.05, 0.1) is 0 Å². The van der Waals surface area contributed by atoms with Gasteiger partial charge in [0.1, 0.15) is 0 Å². The smallest absolute Gasteiger partial charge is 0.0471 e. The Labute approximate surface area is 129 Å². The molecule has 0 nitrogen and oxygen atoms in total. The van der Waals surface area contributed by atoms with E-state index in [1.807, 2.05) is 0 Å². The number of allylic oxidation sites excluding steroid dienone is 3. The summed E-state index contributed by atoms with van der Waals surface area (Å²) in [6.07, 6.45) is 4.76. The van der Waals surface area contributed by atoms with E-state index in [0.717, 1.165) is 0 Å². The van der Waals surface area contributed by atoms with Gasteiger partial charge in [-0.15, -0.1) is 0 Å². The van der Waals surface area contributed by atoms with Crippen LogP contribution in [0.4, 0.5) is 0 Å². The van der Waals surface area contributed by atoms with Gasteiger partial charge in [-0.1, -0.05) is 66.3 Å². The SMILES string of the molecule is CC1=C(C)C([SiH2]C2C=Cc3ccccc32)c2ccccc21. The van der Waals surface area contributed by atoms with Crippen LogP contribution in [-0.2, 0) is 0 Å². The van der Waals surface area contributed by atoms with Crippen LogP contribution < -0.4 is 0 Å². The fourth-order valence-corrected chi connectivity index (χ4v) is 6.63. The molecule has 0 spiro atoms. The maximum absolute atomic E-state index is 2.44. The first-order chi connectivity index (χ1) is 10.3. The average molecular weight is 288 g/mol. The Balaban J connectivity index is 1.69. The highest BCUT2D eigenvalue weighted by molar-refractivity contribution is 6.43. The fourth-order valence-electron chi connectivity index (χ4n) is 3.94. The van der Waals surface area contributed by atoms with E-state index >= 15 is 0 Å². The summed E-state index contributed by atoms with van der Waals surface area (Å²) in [5.74, 6) is 0. The highest BCUT2D eigenvalue weighted by atomic mass is 28.2. The third kappa shape index (κ3) is 1.96. The molecular formula is C20H20Si. The predicted molar refractivity (Wildman–Crippen MR) is 94.2 cm³/mol. The van der Waals surface area contributed by atoms with Gasteiger partial charge in [-0.25, -0.2) is 0 Å². The molecule has 0 amide bonds. The molecule has 1 heteroatoms. The van der Waals surface area contributed by atoms with Crippen LogP contribution in [0.2, 0.25) is 0 Å². The molecule has 104 valence electrons. The van der Waals surface area contributed by atoms with Gasteiger partial charge in [0.25, 0.3) is 0 Å². The van der Waals surface area contributed by atoms with Crippen LogP contribution in [0.5, 0.6) is 0 Å². The quantitative estimate of drug-likeness (QED) is 0.715. The highest BCUT2D eigenvalue weighted by Crippen LogP contribution is 2.43. The molecule has 2 atom stereocenters. The number of rotatable bonds is 2. The van der Waals surface area contributed by atoms with E-state index in [-0.39, 0.29) is 9.52 Å². The Kier molecular flexibility index (Phi) is 2.97. The summed E-state index contributed by atoms with van der Waals surface area (Å²) >= 11 is 0. The van der Waals surface area contributed by atoms with Gasteiger partial charge in [-0.3, -0.25) is 0 Å². The largest absolute Gasteiger partial charge is 0.0797 e. The lowest BCUT2D eigenvalue weighted by Crippen LogP contribution is -2.14. The highest BCUT2D eigenvalue weighted by Gasteiger charge is 2.30. The summed E-state index contributed by atoms with van der Waals surface area (Å²) in [7, 11) is -0.277. The van der Waals surface area contributed by atoms with Crippen molar-refractivity contribution in [2.24, 2.45) is 0 Å². The molecule has 21 heavy (non-hydrogen) atoms. The summed E-state index contributed by atoms with van der Waals surface area (Å²) in [5, 5.41) is 0. The minimum Gasteiger partial charge on any atom is -0.0797 e. The van der Waals surface area contributed by atoms with Gasteiger partial charge in [-0.2, -0.15) is 0 Å². The molecule has 0 heterocycles. The second-order valence-electron chi connectivity index (χ2n) is 6.28. The molecule has 4 rings (SSSR count).